The van der Waals surface area contributed by atoms with Gasteiger partial charge in [0.15, 0.2) is 23.1 Å². The molecule has 2 saturated carbocycles. The van der Waals surface area contributed by atoms with Crippen molar-refractivity contribution in [2.75, 3.05) is 13.2 Å². The molecular formula is C61H54F4O10. The van der Waals surface area contributed by atoms with E-state index < -0.39 is 29.6 Å². The average molecular weight is 1020 g/mol. The normalized spacial score (nSPS) is 19.6. The van der Waals surface area contributed by atoms with Crippen LogP contribution in [0.2, 0.25) is 0 Å². The van der Waals surface area contributed by atoms with E-state index >= 15 is 4.39 Å². The number of benzene rings is 7. The van der Waals surface area contributed by atoms with Gasteiger partial charge in [0, 0.05) is 34.4 Å². The summed E-state index contributed by atoms with van der Waals surface area (Å²) in [6.07, 6.45) is 2.90. The van der Waals surface area contributed by atoms with E-state index in [1.54, 1.807) is 26.0 Å². The van der Waals surface area contributed by atoms with Crippen molar-refractivity contribution in [3.63, 3.8) is 0 Å². The molecule has 0 spiro atoms. The summed E-state index contributed by atoms with van der Waals surface area (Å²) in [7, 11) is 0. The quantitative estimate of drug-likeness (QED) is 0.0697. The van der Waals surface area contributed by atoms with Gasteiger partial charge in [0.25, 0.3) is 0 Å². The molecule has 386 valence electrons. The molecule has 14 heteroatoms. The summed E-state index contributed by atoms with van der Waals surface area (Å²) in [4.78, 5) is 23.9. The predicted octanol–water partition coefficient (Wildman–Crippen LogP) is 14.3. The Balaban J connectivity index is 0.000000174. The Kier molecular flexibility index (Phi) is 15.0. The number of esters is 2. The maximum atomic E-state index is 15.0. The summed E-state index contributed by atoms with van der Waals surface area (Å²) in [5.41, 5.74) is 5.35. The van der Waals surface area contributed by atoms with Crippen LogP contribution in [0.25, 0.3) is 0 Å². The Hall–Kier alpha value is -8.00. The van der Waals surface area contributed by atoms with Crippen molar-refractivity contribution in [3.8, 4) is 46.0 Å². The van der Waals surface area contributed by atoms with Gasteiger partial charge in [-0.15, -0.1) is 0 Å². The highest BCUT2D eigenvalue weighted by Crippen LogP contribution is 2.50. The first-order valence-corrected chi connectivity index (χ1v) is 25.2. The zero-order chi connectivity index (χ0) is 52.2. The van der Waals surface area contributed by atoms with E-state index in [-0.39, 0.29) is 65.4 Å². The molecule has 11 rings (SSSR count). The van der Waals surface area contributed by atoms with E-state index in [0.29, 0.717) is 89.9 Å². The molecule has 0 aliphatic heterocycles. The molecule has 7 aromatic rings. The number of fused-ring (bicyclic) bond motifs is 2. The van der Waals surface area contributed by atoms with Crippen LogP contribution in [0.1, 0.15) is 103 Å². The number of phenolic OH excluding ortho intramolecular Hbond substituents is 1. The minimum absolute atomic E-state index is 0.0806. The van der Waals surface area contributed by atoms with Crippen molar-refractivity contribution in [1.82, 2.24) is 0 Å². The third-order valence-electron chi connectivity index (χ3n) is 13.9. The van der Waals surface area contributed by atoms with E-state index in [1.165, 1.54) is 42.5 Å². The van der Waals surface area contributed by atoms with Gasteiger partial charge >= 0.3 is 11.9 Å². The van der Waals surface area contributed by atoms with Crippen molar-refractivity contribution in [2.45, 2.75) is 83.0 Å². The molecule has 0 unspecified atom stereocenters. The van der Waals surface area contributed by atoms with Gasteiger partial charge in [-0.25, -0.2) is 17.6 Å². The number of hydrogen-bond donors (Lipinski definition) is 1. The second-order valence-electron chi connectivity index (χ2n) is 18.9. The molecule has 75 heavy (non-hydrogen) atoms. The minimum Gasteiger partial charge on any atom is -0.505 e. The fourth-order valence-corrected chi connectivity index (χ4v) is 9.98. The largest absolute Gasteiger partial charge is 0.505 e. The van der Waals surface area contributed by atoms with Crippen molar-refractivity contribution in [1.29, 1.82) is 0 Å². The number of carbonyl (C=O) groups excluding carboxylic acids is 2. The van der Waals surface area contributed by atoms with Crippen molar-refractivity contribution in [2.24, 2.45) is 11.8 Å². The zero-order valence-corrected chi connectivity index (χ0v) is 41.2. The number of ether oxygens (including phenoxy) is 7. The third kappa shape index (κ3) is 11.5. The monoisotopic (exact) mass is 1020 g/mol. The second-order valence-corrected chi connectivity index (χ2v) is 18.9. The molecule has 0 bridgehead atoms. The third-order valence-corrected chi connectivity index (χ3v) is 13.9. The fourth-order valence-electron chi connectivity index (χ4n) is 9.98. The minimum atomic E-state index is -0.791. The highest BCUT2D eigenvalue weighted by atomic mass is 19.1. The molecular weight excluding hydrogens is 969 g/mol. The van der Waals surface area contributed by atoms with E-state index in [0.717, 1.165) is 35.6 Å². The smallest absolute Gasteiger partial charge is 0.309 e. The van der Waals surface area contributed by atoms with E-state index in [4.69, 9.17) is 33.2 Å². The highest BCUT2D eigenvalue weighted by molar-refractivity contribution is 5.78. The van der Waals surface area contributed by atoms with Gasteiger partial charge in [-0.1, -0.05) is 54.6 Å². The average Bonchev–Trinajstić information content (AvgIpc) is 4.33. The van der Waals surface area contributed by atoms with E-state index in [2.05, 4.69) is 0 Å². The summed E-state index contributed by atoms with van der Waals surface area (Å²) in [5, 5.41) is 9.37. The molecule has 6 atom stereocenters. The number of halogens is 4. The summed E-state index contributed by atoms with van der Waals surface area (Å²) in [6.45, 7) is 4.62. The van der Waals surface area contributed by atoms with E-state index in [1.807, 2.05) is 78.9 Å². The van der Waals surface area contributed by atoms with Gasteiger partial charge < -0.3 is 38.3 Å². The Morgan fingerprint density at radius 1 is 0.520 bits per heavy atom. The molecule has 4 aliphatic carbocycles. The fraction of sp³-hybridized carbons (Fsp3) is 0.279. The zero-order valence-electron chi connectivity index (χ0n) is 41.2. The first-order valence-electron chi connectivity index (χ1n) is 25.2. The molecule has 1 N–H and O–H groups in total. The SMILES string of the molecule is CCOC(=O)[C@H]1C[C@@H]1c1ccc(O[C@@H]2CCc3c(Oc4ccc(O)c(F)c4)ccc(F)c32)cc1.CCOC(=O)[C@H]1C[C@@H]1c1ccc(O[C@@H]2CCc3c(Oc4ccc(OCc5ccccc5)c(F)c4)ccc(F)c32)cc1. The van der Waals surface area contributed by atoms with Crippen LogP contribution in [0.3, 0.4) is 0 Å². The van der Waals surface area contributed by atoms with Gasteiger partial charge in [0.2, 0.25) is 0 Å². The summed E-state index contributed by atoms with van der Waals surface area (Å²) < 4.78 is 98.2. The second kappa shape index (κ2) is 22.2. The lowest BCUT2D eigenvalue weighted by atomic mass is 10.1. The lowest BCUT2D eigenvalue weighted by Crippen LogP contribution is -2.07. The maximum Gasteiger partial charge on any atom is 0.309 e. The number of carbonyl (C=O) groups is 2. The molecule has 0 heterocycles. The van der Waals surface area contributed by atoms with Crippen LogP contribution in [-0.4, -0.2) is 30.3 Å². The van der Waals surface area contributed by atoms with Gasteiger partial charge in [-0.3, -0.25) is 9.59 Å². The van der Waals surface area contributed by atoms with Crippen molar-refractivity contribution in [3.05, 3.63) is 202 Å². The summed E-state index contributed by atoms with van der Waals surface area (Å²) in [6, 6.07) is 38.6. The molecule has 0 radical (unpaired) electrons. The number of phenols is 1. The molecule has 2 fully saturated rings. The lowest BCUT2D eigenvalue weighted by molar-refractivity contribution is -0.145. The Bertz CT molecular complexity index is 3190. The van der Waals surface area contributed by atoms with Gasteiger partial charge in [-0.05, 0) is 154 Å². The van der Waals surface area contributed by atoms with Crippen molar-refractivity contribution < 1.29 is 65.4 Å². The molecule has 4 aliphatic rings. The first-order chi connectivity index (χ1) is 36.4. The first kappa shape index (κ1) is 50.5. The Morgan fingerprint density at radius 2 is 0.973 bits per heavy atom. The van der Waals surface area contributed by atoms with Gasteiger partial charge in [0.1, 0.15) is 64.9 Å². The molecule has 0 aromatic heterocycles. The van der Waals surface area contributed by atoms with Crippen LogP contribution < -0.4 is 23.7 Å². The number of hydrogen-bond acceptors (Lipinski definition) is 10. The molecule has 0 amide bonds. The van der Waals surface area contributed by atoms with E-state index in [9.17, 15) is 27.9 Å². The standard InChI is InChI=1S/C34H30F2O5.C27H24F2O5/c1-2-38-34(37)27-19-26(27)22-8-10-23(11-9-22)40-32-16-13-25-30(17-14-28(35)33(25)32)41-24-12-15-31(29(36)18-24)39-20-21-6-4-3-5-7-21;1-2-32-27(31)20-14-19(20)15-3-5-16(6-4-15)33-25-11-8-18-24(12-9-21(28)26(18)25)34-17-7-10-23(30)22(29)13-17/h3-12,14-15,17-18,26-27,32H,2,13,16,19-20H2,1H3;3-7,9-10,12-13,19-20,25,30H,2,8,11,14H2,1H3/t26-,27+,32-;19-,20+,25-/m11/s1. The van der Waals surface area contributed by atoms with Crippen LogP contribution in [0, 0.1) is 35.1 Å². The number of aromatic hydroxyl groups is 1. The van der Waals surface area contributed by atoms with Gasteiger partial charge in [0.05, 0.1) is 25.0 Å². The Labute approximate surface area is 431 Å². The van der Waals surface area contributed by atoms with Crippen LogP contribution in [0.4, 0.5) is 17.6 Å². The van der Waals surface area contributed by atoms with Crippen LogP contribution in [-0.2, 0) is 38.5 Å². The van der Waals surface area contributed by atoms with Crippen LogP contribution in [0.15, 0.2) is 140 Å². The van der Waals surface area contributed by atoms with Crippen LogP contribution >= 0.6 is 0 Å². The topological polar surface area (TPSA) is 119 Å². The molecule has 10 nitrogen and oxygen atoms in total. The van der Waals surface area contributed by atoms with Crippen LogP contribution in [0.5, 0.6) is 46.0 Å². The summed E-state index contributed by atoms with van der Waals surface area (Å²) in [5.74, 6) is 0.110. The molecule has 0 saturated heterocycles. The van der Waals surface area contributed by atoms with Gasteiger partial charge in [-0.2, -0.15) is 0 Å². The Morgan fingerprint density at radius 3 is 1.44 bits per heavy atom. The number of rotatable bonds is 17. The molecule has 7 aromatic carbocycles. The van der Waals surface area contributed by atoms with Crippen molar-refractivity contribution >= 4 is 11.9 Å². The lowest BCUT2D eigenvalue weighted by Gasteiger charge is -2.17. The maximum absolute atomic E-state index is 15.0. The highest BCUT2D eigenvalue weighted by Gasteiger charge is 2.46. The summed E-state index contributed by atoms with van der Waals surface area (Å²) >= 11 is 0. The predicted molar refractivity (Wildman–Crippen MR) is 269 cm³/mol.